The van der Waals surface area contributed by atoms with Gasteiger partial charge in [-0.15, -0.1) is 11.3 Å². The van der Waals surface area contributed by atoms with Crippen molar-refractivity contribution in [1.82, 2.24) is 15.6 Å². The zero-order valence-corrected chi connectivity index (χ0v) is 9.16. The number of hydrazine groups is 1. The lowest BCUT2D eigenvalue weighted by molar-refractivity contribution is 0.634. The van der Waals surface area contributed by atoms with Crippen molar-refractivity contribution in [3.05, 3.63) is 45.9 Å². The topological polar surface area (TPSA) is 63.8 Å². The van der Waals surface area contributed by atoms with Crippen LogP contribution in [0, 0.1) is 6.92 Å². The van der Waals surface area contributed by atoms with E-state index in [1.807, 2.05) is 6.07 Å². The van der Waals surface area contributed by atoms with Crippen LogP contribution in [0.15, 0.2) is 29.9 Å². The van der Waals surface area contributed by atoms with Crippen LogP contribution in [0.4, 0.5) is 0 Å². The third-order valence-electron chi connectivity index (χ3n) is 2.19. The summed E-state index contributed by atoms with van der Waals surface area (Å²) in [5, 5.41) is 9.69. The average Bonchev–Trinajstić information content (AvgIpc) is 2.68. The molecule has 2 heterocycles. The third kappa shape index (κ3) is 2.20. The normalized spacial score (nSPS) is 12.7. The van der Waals surface area contributed by atoms with Gasteiger partial charge in [0, 0.05) is 11.1 Å². The molecule has 2 aromatic heterocycles. The molecule has 0 saturated carbocycles. The molecule has 2 aromatic rings. The van der Waals surface area contributed by atoms with Gasteiger partial charge in [-0.05, 0) is 35.6 Å². The fourth-order valence-electron chi connectivity index (χ4n) is 1.47. The van der Waals surface area contributed by atoms with Gasteiger partial charge >= 0.3 is 0 Å². The number of nitrogens with zero attached hydrogens (tertiary/aromatic N) is 2. The van der Waals surface area contributed by atoms with E-state index in [2.05, 4.69) is 34.0 Å². The molecule has 0 aromatic carbocycles. The number of thiophene rings is 1. The number of hydrogen-bond donors (Lipinski definition) is 2. The number of nitrogens with two attached hydrogens (primary N) is 1. The molecule has 2 rings (SSSR count). The molecule has 0 amide bonds. The van der Waals surface area contributed by atoms with E-state index >= 15 is 0 Å². The fraction of sp³-hybridized carbons (Fsp3) is 0.200. The highest BCUT2D eigenvalue weighted by atomic mass is 32.1. The molecule has 0 aliphatic carbocycles. The van der Waals surface area contributed by atoms with Crippen LogP contribution in [0.5, 0.6) is 0 Å². The Kier molecular flexibility index (Phi) is 3.05. The second kappa shape index (κ2) is 4.48. The lowest BCUT2D eigenvalue weighted by Gasteiger charge is -2.13. The van der Waals surface area contributed by atoms with Crippen LogP contribution in [-0.4, -0.2) is 10.2 Å². The zero-order valence-electron chi connectivity index (χ0n) is 8.34. The second-order valence-corrected chi connectivity index (χ2v) is 4.38. The summed E-state index contributed by atoms with van der Waals surface area (Å²) in [5.74, 6) is 5.55. The average molecular weight is 220 g/mol. The van der Waals surface area contributed by atoms with Gasteiger partial charge in [-0.2, -0.15) is 10.2 Å². The van der Waals surface area contributed by atoms with Crippen molar-refractivity contribution in [2.75, 3.05) is 0 Å². The van der Waals surface area contributed by atoms with Crippen molar-refractivity contribution < 1.29 is 0 Å². The minimum atomic E-state index is -0.00884. The molecule has 0 bridgehead atoms. The van der Waals surface area contributed by atoms with Gasteiger partial charge in [-0.1, -0.05) is 0 Å². The van der Waals surface area contributed by atoms with Gasteiger partial charge in [-0.25, -0.2) is 5.43 Å². The summed E-state index contributed by atoms with van der Waals surface area (Å²) in [7, 11) is 0. The van der Waals surface area contributed by atoms with Crippen molar-refractivity contribution in [3.63, 3.8) is 0 Å². The fourth-order valence-corrected chi connectivity index (χ4v) is 2.20. The second-order valence-electron chi connectivity index (χ2n) is 3.27. The minimum Gasteiger partial charge on any atom is -0.271 e. The largest absolute Gasteiger partial charge is 0.271 e. The molecule has 0 aliphatic rings. The van der Waals surface area contributed by atoms with E-state index in [1.54, 1.807) is 23.7 Å². The van der Waals surface area contributed by atoms with Gasteiger partial charge in [0.25, 0.3) is 0 Å². The molecule has 0 fully saturated rings. The Balaban J connectivity index is 2.33. The Labute approximate surface area is 92.1 Å². The van der Waals surface area contributed by atoms with Gasteiger partial charge in [-0.3, -0.25) is 5.84 Å². The van der Waals surface area contributed by atoms with Crippen molar-refractivity contribution in [2.45, 2.75) is 13.0 Å². The first-order valence-corrected chi connectivity index (χ1v) is 5.47. The third-order valence-corrected chi connectivity index (χ3v) is 3.07. The minimum absolute atomic E-state index is 0.00884. The number of hydrogen-bond acceptors (Lipinski definition) is 5. The van der Waals surface area contributed by atoms with E-state index in [0.717, 1.165) is 11.1 Å². The van der Waals surface area contributed by atoms with Crippen molar-refractivity contribution >= 4 is 11.3 Å². The van der Waals surface area contributed by atoms with Crippen molar-refractivity contribution in [2.24, 2.45) is 5.84 Å². The highest BCUT2D eigenvalue weighted by molar-refractivity contribution is 7.10. The maximum atomic E-state index is 5.55. The van der Waals surface area contributed by atoms with E-state index in [9.17, 15) is 0 Å². The molecule has 5 heteroatoms. The summed E-state index contributed by atoms with van der Waals surface area (Å²) < 4.78 is 0. The highest BCUT2D eigenvalue weighted by Crippen LogP contribution is 2.24. The Morgan fingerprint density at radius 2 is 2.27 bits per heavy atom. The first-order chi connectivity index (χ1) is 7.31. The summed E-state index contributed by atoms with van der Waals surface area (Å²) in [5.41, 5.74) is 4.97. The summed E-state index contributed by atoms with van der Waals surface area (Å²) in [6.45, 7) is 2.08. The van der Waals surface area contributed by atoms with E-state index < -0.39 is 0 Å². The summed E-state index contributed by atoms with van der Waals surface area (Å²) in [6.07, 6.45) is 3.39. The Morgan fingerprint density at radius 1 is 1.40 bits per heavy atom. The lowest BCUT2D eigenvalue weighted by atomic mass is 10.0. The van der Waals surface area contributed by atoms with Crippen molar-refractivity contribution in [1.29, 1.82) is 0 Å². The van der Waals surface area contributed by atoms with Gasteiger partial charge in [0.05, 0.1) is 12.2 Å². The van der Waals surface area contributed by atoms with Gasteiger partial charge in [0.2, 0.25) is 0 Å². The smallest absolute Gasteiger partial charge is 0.0734 e. The summed E-state index contributed by atoms with van der Waals surface area (Å²) >= 11 is 1.71. The van der Waals surface area contributed by atoms with E-state index in [0.29, 0.717) is 0 Å². The number of rotatable bonds is 3. The quantitative estimate of drug-likeness (QED) is 0.606. The summed E-state index contributed by atoms with van der Waals surface area (Å²) in [6, 6.07) is 4.02. The van der Waals surface area contributed by atoms with Crippen LogP contribution in [0.2, 0.25) is 0 Å². The van der Waals surface area contributed by atoms with E-state index in [4.69, 9.17) is 5.84 Å². The molecule has 0 spiro atoms. The Bertz CT molecular complexity index is 426. The lowest BCUT2D eigenvalue weighted by Crippen LogP contribution is -2.28. The molecular formula is C10H12N4S. The van der Waals surface area contributed by atoms with Crippen LogP contribution in [0.25, 0.3) is 0 Å². The molecule has 1 atom stereocenters. The molecule has 4 nitrogen and oxygen atoms in total. The molecule has 1 unspecified atom stereocenters. The number of nitrogens with one attached hydrogen (secondary N) is 1. The van der Waals surface area contributed by atoms with E-state index in [-0.39, 0.29) is 6.04 Å². The standard InChI is InChI=1S/C10H12N4S/c1-7-4-9(6-15-7)10(14-11)8-2-3-12-13-5-8/h2-6,10,14H,11H2,1H3. The maximum absolute atomic E-state index is 5.55. The Hall–Kier alpha value is -1.30. The van der Waals surface area contributed by atoms with Crippen LogP contribution in [-0.2, 0) is 0 Å². The SMILES string of the molecule is Cc1cc(C(NN)c2ccnnc2)cs1. The highest BCUT2D eigenvalue weighted by Gasteiger charge is 2.13. The summed E-state index contributed by atoms with van der Waals surface area (Å²) in [4.78, 5) is 1.27. The van der Waals surface area contributed by atoms with Crippen molar-refractivity contribution in [3.8, 4) is 0 Å². The predicted molar refractivity (Wildman–Crippen MR) is 60.3 cm³/mol. The molecule has 0 saturated heterocycles. The van der Waals surface area contributed by atoms with Crippen LogP contribution in [0.1, 0.15) is 22.0 Å². The van der Waals surface area contributed by atoms with Crippen LogP contribution in [0.3, 0.4) is 0 Å². The zero-order chi connectivity index (χ0) is 10.7. The molecular weight excluding hydrogens is 208 g/mol. The molecule has 15 heavy (non-hydrogen) atoms. The Morgan fingerprint density at radius 3 is 2.80 bits per heavy atom. The van der Waals surface area contributed by atoms with Gasteiger partial charge in [0.15, 0.2) is 0 Å². The molecule has 78 valence electrons. The molecule has 3 N–H and O–H groups in total. The number of aryl methyl sites for hydroxylation is 1. The first-order valence-electron chi connectivity index (χ1n) is 4.59. The predicted octanol–water partition coefficient (Wildman–Crippen LogP) is 1.40. The molecule has 0 radical (unpaired) electrons. The van der Waals surface area contributed by atoms with E-state index in [1.165, 1.54) is 4.88 Å². The number of aromatic nitrogens is 2. The monoisotopic (exact) mass is 220 g/mol. The van der Waals surface area contributed by atoms with Gasteiger partial charge < -0.3 is 0 Å². The van der Waals surface area contributed by atoms with Crippen LogP contribution < -0.4 is 11.3 Å². The van der Waals surface area contributed by atoms with Crippen LogP contribution >= 0.6 is 11.3 Å². The van der Waals surface area contributed by atoms with Gasteiger partial charge in [0.1, 0.15) is 0 Å². The maximum Gasteiger partial charge on any atom is 0.0734 e. The first kappa shape index (κ1) is 10.2. The molecule has 0 aliphatic heterocycles.